The van der Waals surface area contributed by atoms with Crippen molar-refractivity contribution in [1.82, 2.24) is 9.88 Å². The Morgan fingerprint density at radius 1 is 0.913 bits per heavy atom. The van der Waals surface area contributed by atoms with E-state index < -0.39 is 6.10 Å². The predicted molar refractivity (Wildman–Crippen MR) is 94.1 cm³/mol. The van der Waals surface area contributed by atoms with Gasteiger partial charge in [0.05, 0.1) is 0 Å². The molecule has 0 radical (unpaired) electrons. The molecule has 1 atom stereocenters. The fourth-order valence-corrected chi connectivity index (χ4v) is 3.29. The third kappa shape index (κ3) is 4.73. The number of aliphatic hydroxyl groups excluding tert-OH is 1. The molecule has 2 aromatic heterocycles. The number of aromatic nitrogens is 1. The van der Waals surface area contributed by atoms with Gasteiger partial charge in [0.25, 0.3) is 0 Å². The zero-order chi connectivity index (χ0) is 15.9. The van der Waals surface area contributed by atoms with Crippen molar-refractivity contribution in [2.75, 3.05) is 6.54 Å². The van der Waals surface area contributed by atoms with Gasteiger partial charge in [0.2, 0.25) is 0 Å². The second kappa shape index (κ2) is 8.02. The highest BCUT2D eigenvalue weighted by molar-refractivity contribution is 7.10. The molecule has 0 amide bonds. The monoisotopic (exact) mass is 324 g/mol. The summed E-state index contributed by atoms with van der Waals surface area (Å²) in [5, 5.41) is 12.5. The summed E-state index contributed by atoms with van der Waals surface area (Å²) in [5.74, 6) is 0. The van der Waals surface area contributed by atoms with E-state index in [1.807, 2.05) is 48.1 Å². The van der Waals surface area contributed by atoms with Crippen molar-refractivity contribution in [2.45, 2.75) is 19.2 Å². The molecule has 118 valence electrons. The van der Waals surface area contributed by atoms with Crippen LogP contribution in [0.2, 0.25) is 0 Å². The maximum Gasteiger partial charge on any atom is 0.101 e. The van der Waals surface area contributed by atoms with E-state index in [1.165, 1.54) is 11.1 Å². The average Bonchev–Trinajstić information content (AvgIpc) is 3.11. The van der Waals surface area contributed by atoms with Gasteiger partial charge in [0, 0.05) is 36.9 Å². The minimum atomic E-state index is -0.458. The normalized spacial score (nSPS) is 12.4. The molecule has 3 nitrogen and oxygen atoms in total. The summed E-state index contributed by atoms with van der Waals surface area (Å²) in [4.78, 5) is 7.36. The number of rotatable bonds is 7. The van der Waals surface area contributed by atoms with E-state index in [4.69, 9.17) is 0 Å². The number of pyridine rings is 1. The third-order valence-corrected chi connectivity index (χ3v) is 4.68. The van der Waals surface area contributed by atoms with Gasteiger partial charge in [-0.15, -0.1) is 11.3 Å². The lowest BCUT2D eigenvalue weighted by molar-refractivity contribution is 0.107. The highest BCUT2D eigenvalue weighted by Gasteiger charge is 2.15. The highest BCUT2D eigenvalue weighted by Crippen LogP contribution is 2.21. The molecular formula is C19H20N2OS. The Labute approximate surface area is 140 Å². The van der Waals surface area contributed by atoms with Gasteiger partial charge < -0.3 is 5.11 Å². The quantitative estimate of drug-likeness (QED) is 0.716. The smallest absolute Gasteiger partial charge is 0.101 e. The molecule has 1 N–H and O–H groups in total. The summed E-state index contributed by atoms with van der Waals surface area (Å²) in [6, 6.07) is 18.4. The Kier molecular flexibility index (Phi) is 5.53. The SMILES string of the molecule is OC(CN(Cc1ccccc1)Cc1ccncc1)c1cccs1. The molecule has 1 aromatic carbocycles. The zero-order valence-corrected chi connectivity index (χ0v) is 13.7. The van der Waals surface area contributed by atoms with Crippen LogP contribution in [0.5, 0.6) is 0 Å². The van der Waals surface area contributed by atoms with Crippen LogP contribution in [0.4, 0.5) is 0 Å². The molecule has 3 rings (SSSR count). The Morgan fingerprint density at radius 3 is 2.26 bits per heavy atom. The topological polar surface area (TPSA) is 36.4 Å². The van der Waals surface area contributed by atoms with Crippen LogP contribution < -0.4 is 0 Å². The van der Waals surface area contributed by atoms with Gasteiger partial charge in [0.15, 0.2) is 0 Å². The predicted octanol–water partition coefficient (Wildman–Crippen LogP) is 3.88. The van der Waals surface area contributed by atoms with Gasteiger partial charge in [-0.3, -0.25) is 9.88 Å². The number of thiophene rings is 1. The summed E-state index contributed by atoms with van der Waals surface area (Å²) in [6.07, 6.45) is 3.16. The fraction of sp³-hybridized carbons (Fsp3) is 0.211. The third-order valence-electron chi connectivity index (χ3n) is 3.71. The molecule has 1 unspecified atom stereocenters. The van der Waals surface area contributed by atoms with Gasteiger partial charge in [-0.05, 0) is 34.7 Å². The van der Waals surface area contributed by atoms with Gasteiger partial charge in [-0.2, -0.15) is 0 Å². The van der Waals surface area contributed by atoms with Gasteiger partial charge in [-0.1, -0.05) is 36.4 Å². The largest absolute Gasteiger partial charge is 0.386 e. The number of nitrogens with zero attached hydrogens (tertiary/aromatic N) is 2. The number of hydrogen-bond donors (Lipinski definition) is 1. The Morgan fingerprint density at radius 2 is 1.61 bits per heavy atom. The minimum Gasteiger partial charge on any atom is -0.386 e. The van der Waals surface area contributed by atoms with E-state index in [0.717, 1.165) is 18.0 Å². The Hall–Kier alpha value is -2.01. The molecule has 0 saturated carbocycles. The first kappa shape index (κ1) is 15.9. The number of aliphatic hydroxyl groups is 1. The van der Waals surface area contributed by atoms with E-state index in [1.54, 1.807) is 11.3 Å². The van der Waals surface area contributed by atoms with Crippen molar-refractivity contribution < 1.29 is 5.11 Å². The lowest BCUT2D eigenvalue weighted by Gasteiger charge is -2.25. The van der Waals surface area contributed by atoms with E-state index >= 15 is 0 Å². The zero-order valence-electron chi connectivity index (χ0n) is 12.9. The second-order valence-electron chi connectivity index (χ2n) is 5.54. The lowest BCUT2D eigenvalue weighted by atomic mass is 10.1. The maximum atomic E-state index is 10.5. The average molecular weight is 324 g/mol. The molecular weight excluding hydrogens is 304 g/mol. The molecule has 2 heterocycles. The molecule has 23 heavy (non-hydrogen) atoms. The van der Waals surface area contributed by atoms with Crippen LogP contribution in [0, 0.1) is 0 Å². The Bertz CT molecular complexity index is 644. The van der Waals surface area contributed by atoms with Crippen LogP contribution in [0.15, 0.2) is 72.4 Å². The van der Waals surface area contributed by atoms with Crippen molar-refractivity contribution in [1.29, 1.82) is 0 Å². The maximum absolute atomic E-state index is 10.5. The van der Waals surface area contributed by atoms with Crippen molar-refractivity contribution in [3.05, 3.63) is 88.4 Å². The summed E-state index contributed by atoms with van der Waals surface area (Å²) in [5.41, 5.74) is 2.45. The second-order valence-corrected chi connectivity index (χ2v) is 6.52. The van der Waals surface area contributed by atoms with Crippen molar-refractivity contribution in [2.24, 2.45) is 0 Å². The molecule has 0 saturated heterocycles. The van der Waals surface area contributed by atoms with Crippen molar-refractivity contribution in [3.8, 4) is 0 Å². The summed E-state index contributed by atoms with van der Waals surface area (Å²) in [7, 11) is 0. The molecule has 3 aromatic rings. The van der Waals surface area contributed by atoms with E-state index in [2.05, 4.69) is 34.1 Å². The molecule has 0 spiro atoms. The van der Waals surface area contributed by atoms with Crippen LogP contribution in [0.3, 0.4) is 0 Å². The fourth-order valence-electron chi connectivity index (χ4n) is 2.59. The number of benzene rings is 1. The van der Waals surface area contributed by atoms with E-state index in [-0.39, 0.29) is 0 Å². The van der Waals surface area contributed by atoms with Crippen LogP contribution in [-0.4, -0.2) is 21.5 Å². The first-order valence-corrected chi connectivity index (χ1v) is 8.56. The highest BCUT2D eigenvalue weighted by atomic mass is 32.1. The number of hydrogen-bond acceptors (Lipinski definition) is 4. The molecule has 0 aliphatic carbocycles. The summed E-state index contributed by atoms with van der Waals surface area (Å²) >= 11 is 1.60. The first-order valence-electron chi connectivity index (χ1n) is 7.68. The van der Waals surface area contributed by atoms with Crippen LogP contribution in [0.25, 0.3) is 0 Å². The van der Waals surface area contributed by atoms with Crippen molar-refractivity contribution >= 4 is 11.3 Å². The first-order chi connectivity index (χ1) is 11.3. The molecule has 0 fully saturated rings. The minimum absolute atomic E-state index is 0.458. The summed E-state index contributed by atoms with van der Waals surface area (Å²) < 4.78 is 0. The molecule has 0 aliphatic heterocycles. The van der Waals surface area contributed by atoms with Crippen molar-refractivity contribution in [3.63, 3.8) is 0 Å². The van der Waals surface area contributed by atoms with Crippen LogP contribution in [0.1, 0.15) is 22.1 Å². The molecule has 0 bridgehead atoms. The lowest BCUT2D eigenvalue weighted by Crippen LogP contribution is -2.27. The van der Waals surface area contributed by atoms with Gasteiger partial charge >= 0.3 is 0 Å². The van der Waals surface area contributed by atoms with Crippen LogP contribution in [-0.2, 0) is 13.1 Å². The molecule has 0 aliphatic rings. The van der Waals surface area contributed by atoms with Gasteiger partial charge in [-0.25, -0.2) is 0 Å². The van der Waals surface area contributed by atoms with E-state index in [0.29, 0.717) is 6.54 Å². The molecule has 4 heteroatoms. The standard InChI is InChI=1S/C19H20N2OS/c22-18(19-7-4-12-23-19)15-21(13-16-5-2-1-3-6-16)14-17-8-10-20-11-9-17/h1-12,18,22H,13-15H2. The summed E-state index contributed by atoms with van der Waals surface area (Å²) in [6.45, 7) is 2.21. The van der Waals surface area contributed by atoms with Crippen LogP contribution >= 0.6 is 11.3 Å². The Balaban J connectivity index is 1.72. The van der Waals surface area contributed by atoms with E-state index in [9.17, 15) is 5.11 Å². The van der Waals surface area contributed by atoms with Gasteiger partial charge in [0.1, 0.15) is 6.10 Å².